The molecule has 0 radical (unpaired) electrons. The Morgan fingerprint density at radius 2 is 1.87 bits per heavy atom. The van der Waals surface area contributed by atoms with Gasteiger partial charge in [0.2, 0.25) is 18.0 Å². The Morgan fingerprint density at radius 1 is 1.13 bits per heavy atom. The predicted octanol–water partition coefficient (Wildman–Crippen LogP) is 3.96. The van der Waals surface area contributed by atoms with Crippen molar-refractivity contribution >= 4 is 17.6 Å². The van der Waals surface area contributed by atoms with Crippen molar-refractivity contribution in [2.45, 2.75) is 89.3 Å². The fourth-order valence-electron chi connectivity index (χ4n) is 6.80. The van der Waals surface area contributed by atoms with E-state index in [1.54, 1.807) is 12.1 Å². The molecule has 1 amide bonds. The first kappa shape index (κ1) is 27.8. The summed E-state index contributed by atoms with van der Waals surface area (Å²) in [6.07, 6.45) is 1.81. The smallest absolute Gasteiger partial charge is 0.308 e. The average molecular weight is 542 g/mol. The number of esters is 1. The second-order valence-electron chi connectivity index (χ2n) is 11.9. The molecule has 5 aliphatic rings. The third kappa shape index (κ3) is 5.13. The van der Waals surface area contributed by atoms with Crippen LogP contribution in [0.25, 0.3) is 0 Å². The zero-order chi connectivity index (χ0) is 27.9. The number of ether oxygens (including phenoxy) is 3. The number of carbonyl (C=O) groups excluding carboxylic acids is 2. The molecule has 1 aliphatic carbocycles. The molecule has 4 heterocycles. The van der Waals surface area contributed by atoms with E-state index < -0.39 is 41.9 Å². The van der Waals surface area contributed by atoms with Gasteiger partial charge in [0.1, 0.15) is 6.04 Å². The van der Waals surface area contributed by atoms with Crippen LogP contribution in [-0.4, -0.2) is 49.9 Å². The lowest BCUT2D eigenvalue weighted by Crippen LogP contribution is -2.70. The van der Waals surface area contributed by atoms with Crippen molar-refractivity contribution in [1.29, 1.82) is 5.26 Å². The van der Waals surface area contributed by atoms with E-state index in [1.807, 2.05) is 45.0 Å². The lowest BCUT2D eigenvalue weighted by atomic mass is 9.58. The third-order valence-electron chi connectivity index (χ3n) is 9.08. The molecule has 10 heteroatoms. The largest absolute Gasteiger partial charge is 0.435 e. The summed E-state index contributed by atoms with van der Waals surface area (Å²) in [5.74, 6) is -1.29. The molecule has 3 unspecified atom stereocenters. The van der Waals surface area contributed by atoms with Gasteiger partial charge in [-0.05, 0) is 55.7 Å². The minimum Gasteiger partial charge on any atom is -0.435 e. The summed E-state index contributed by atoms with van der Waals surface area (Å²) in [5, 5.41) is 12.3. The van der Waals surface area contributed by atoms with Crippen molar-refractivity contribution in [2.75, 3.05) is 19.0 Å². The van der Waals surface area contributed by atoms with Crippen molar-refractivity contribution in [2.24, 2.45) is 23.7 Å². The molecule has 1 N–H and O–H groups in total. The average Bonchev–Trinajstić information content (AvgIpc) is 3.15. The van der Waals surface area contributed by atoms with Crippen LogP contribution in [0.3, 0.4) is 0 Å². The Kier molecular flexibility index (Phi) is 7.63. The van der Waals surface area contributed by atoms with Crippen molar-refractivity contribution in [3.05, 3.63) is 29.8 Å². The van der Waals surface area contributed by atoms with Crippen LogP contribution in [0.5, 0.6) is 0 Å². The van der Waals surface area contributed by atoms with E-state index in [0.29, 0.717) is 17.9 Å². The number of fused-ring (bicyclic) bond motifs is 2. The van der Waals surface area contributed by atoms with Crippen LogP contribution in [0.2, 0.25) is 0 Å². The molecule has 1 aromatic carbocycles. The Balaban J connectivity index is 1.19. The van der Waals surface area contributed by atoms with Crippen LogP contribution in [0, 0.1) is 35.0 Å². The molecule has 5 fully saturated rings. The molecule has 1 aromatic rings. The molecule has 1 saturated carbocycles. The monoisotopic (exact) mass is 541 g/mol. The lowest BCUT2D eigenvalue weighted by Gasteiger charge is -2.59. The number of hydrogen-bond donors (Lipinski definition) is 1. The fraction of sp³-hybridized carbons (Fsp3) is 0.690. The number of anilines is 1. The molecule has 39 heavy (non-hydrogen) atoms. The minimum absolute atomic E-state index is 0.0384. The maximum Gasteiger partial charge on any atom is 0.308 e. The van der Waals surface area contributed by atoms with E-state index in [9.17, 15) is 14.9 Å². The SMILES string of the molecule is C[C@@H]1CCC2[C@@H](C)[C@H](OC(=O)CCC(=O)NC(C#N)c3ccc(N(C)C)cc3)O[C@@H]3O[C@]4(C)CCC1[C@@]23OO4. The highest BCUT2D eigenvalue weighted by Gasteiger charge is 2.69. The third-order valence-corrected chi connectivity index (χ3v) is 9.08. The number of carbonyl (C=O) groups is 2. The highest BCUT2D eigenvalue weighted by Crippen LogP contribution is 2.60. The van der Waals surface area contributed by atoms with Crippen LogP contribution in [-0.2, 0) is 33.6 Å². The van der Waals surface area contributed by atoms with Crippen LogP contribution < -0.4 is 10.2 Å². The summed E-state index contributed by atoms with van der Waals surface area (Å²) in [7, 11) is 3.86. The topological polar surface area (TPSA) is 119 Å². The maximum atomic E-state index is 12.8. The Morgan fingerprint density at radius 3 is 2.56 bits per heavy atom. The number of hydrogen-bond acceptors (Lipinski definition) is 9. The number of rotatable bonds is 7. The highest BCUT2D eigenvalue weighted by atomic mass is 17.3. The van der Waals surface area contributed by atoms with Crippen LogP contribution in [0.15, 0.2) is 24.3 Å². The van der Waals surface area contributed by atoms with Gasteiger partial charge in [-0.2, -0.15) is 5.26 Å². The number of nitrogens with zero attached hydrogens (tertiary/aromatic N) is 2. The van der Waals surface area contributed by atoms with Crippen molar-refractivity contribution in [1.82, 2.24) is 5.32 Å². The fourth-order valence-corrected chi connectivity index (χ4v) is 6.80. The first-order valence-electron chi connectivity index (χ1n) is 13.9. The maximum absolute atomic E-state index is 12.8. The summed E-state index contributed by atoms with van der Waals surface area (Å²) in [6, 6.07) is 8.68. The Hall–Kier alpha value is -2.71. The zero-order valence-corrected chi connectivity index (χ0v) is 23.3. The van der Waals surface area contributed by atoms with E-state index in [0.717, 1.165) is 24.9 Å². The predicted molar refractivity (Wildman–Crippen MR) is 139 cm³/mol. The van der Waals surface area contributed by atoms with Crippen LogP contribution in [0.4, 0.5) is 5.69 Å². The van der Waals surface area contributed by atoms with E-state index in [4.69, 9.17) is 24.0 Å². The summed E-state index contributed by atoms with van der Waals surface area (Å²) >= 11 is 0. The van der Waals surface area contributed by atoms with Gasteiger partial charge in [0.25, 0.3) is 0 Å². The van der Waals surface area contributed by atoms with Gasteiger partial charge in [0, 0.05) is 44.5 Å². The summed E-state index contributed by atoms with van der Waals surface area (Å²) < 4.78 is 18.3. The highest BCUT2D eigenvalue weighted by molar-refractivity contribution is 5.81. The molecule has 9 atom stereocenters. The first-order chi connectivity index (χ1) is 18.6. The van der Waals surface area contributed by atoms with Crippen LogP contribution in [0.1, 0.15) is 70.9 Å². The Labute approximate surface area is 229 Å². The molecule has 212 valence electrons. The van der Waals surface area contributed by atoms with Gasteiger partial charge in [-0.15, -0.1) is 0 Å². The molecule has 4 aliphatic heterocycles. The lowest BCUT2D eigenvalue weighted by molar-refractivity contribution is -0.576. The minimum atomic E-state index is -0.908. The van der Waals surface area contributed by atoms with Crippen molar-refractivity contribution in [3.8, 4) is 6.07 Å². The second-order valence-corrected chi connectivity index (χ2v) is 11.9. The molecule has 10 nitrogen and oxygen atoms in total. The number of amides is 1. The van der Waals surface area contributed by atoms with Gasteiger partial charge in [0.15, 0.2) is 11.9 Å². The Bertz CT molecular complexity index is 1120. The summed E-state index contributed by atoms with van der Waals surface area (Å²) in [5.41, 5.74) is 0.936. The second kappa shape index (κ2) is 10.7. The molecule has 4 saturated heterocycles. The molecule has 6 rings (SSSR count). The number of nitrogens with one attached hydrogen (secondary N) is 1. The standard InChI is InChI=1S/C29H39N3O7/c1-17-6-11-22-18(2)26(36-27-29(22)21(17)14-15-28(3,37-27)38-39-29)35-25(34)13-12-24(33)31-23(16-30)19-7-9-20(10-8-19)32(4)5/h7-10,17-18,21-23,26-27H,6,11-15H2,1-5H3,(H,31,33)/t17-,18-,21?,22?,23?,26-,27-,28+,29-/m1/s1. The van der Waals surface area contributed by atoms with Gasteiger partial charge < -0.3 is 24.4 Å². The molecular weight excluding hydrogens is 502 g/mol. The van der Waals surface area contributed by atoms with Crippen molar-refractivity contribution < 1.29 is 33.6 Å². The van der Waals surface area contributed by atoms with Crippen LogP contribution >= 0.6 is 0 Å². The normalized spacial score (nSPS) is 37.5. The van der Waals surface area contributed by atoms with E-state index in [-0.39, 0.29) is 30.6 Å². The summed E-state index contributed by atoms with van der Waals surface area (Å²) in [6.45, 7) is 6.10. The zero-order valence-electron chi connectivity index (χ0n) is 23.3. The molecule has 2 bridgehead atoms. The molecule has 1 spiro atoms. The molecule has 0 aromatic heterocycles. The van der Waals surface area contributed by atoms with Gasteiger partial charge >= 0.3 is 5.97 Å². The van der Waals surface area contributed by atoms with Gasteiger partial charge in [-0.3, -0.25) is 9.59 Å². The van der Waals surface area contributed by atoms with Gasteiger partial charge in [0.05, 0.1) is 12.5 Å². The van der Waals surface area contributed by atoms with E-state index in [1.165, 1.54) is 0 Å². The summed E-state index contributed by atoms with van der Waals surface area (Å²) in [4.78, 5) is 39.3. The quantitative estimate of drug-likeness (QED) is 0.404. The van der Waals surface area contributed by atoms with Gasteiger partial charge in [-0.25, -0.2) is 9.78 Å². The van der Waals surface area contributed by atoms with E-state index in [2.05, 4.69) is 18.3 Å². The first-order valence-corrected chi connectivity index (χ1v) is 13.9. The van der Waals surface area contributed by atoms with Gasteiger partial charge in [-0.1, -0.05) is 26.0 Å². The van der Waals surface area contributed by atoms with E-state index >= 15 is 0 Å². The van der Waals surface area contributed by atoms with Crippen molar-refractivity contribution in [3.63, 3.8) is 0 Å². The number of nitriles is 1. The molecular formula is C29H39N3O7. The number of benzene rings is 1.